The molecule has 110 valence electrons. The van der Waals surface area contributed by atoms with Gasteiger partial charge in [-0.2, -0.15) is 0 Å². The Hall–Kier alpha value is -2.37. The quantitative estimate of drug-likeness (QED) is 0.715. The van der Waals surface area contributed by atoms with Crippen molar-refractivity contribution in [1.82, 2.24) is 9.97 Å². The van der Waals surface area contributed by atoms with Gasteiger partial charge < -0.3 is 11.1 Å². The summed E-state index contributed by atoms with van der Waals surface area (Å²) in [6, 6.07) is 10.7. The maximum absolute atomic E-state index is 10.7. The minimum atomic E-state index is 0.120. The summed E-state index contributed by atoms with van der Waals surface area (Å²) < 4.78 is 0. The van der Waals surface area contributed by atoms with Crippen LogP contribution in [0.25, 0.3) is 22.2 Å². The third-order valence-electron chi connectivity index (χ3n) is 3.16. The van der Waals surface area contributed by atoms with Crippen LogP contribution >= 0.6 is 23.2 Å². The molecule has 0 aliphatic heterocycles. The van der Waals surface area contributed by atoms with Crippen LogP contribution in [-0.4, -0.2) is 16.4 Å². The first kappa shape index (κ1) is 14.6. The Morgan fingerprint density at radius 2 is 1.86 bits per heavy atom. The zero-order valence-corrected chi connectivity index (χ0v) is 12.7. The Kier molecular flexibility index (Phi) is 3.83. The maximum Gasteiger partial charge on any atom is 0.221 e. The molecule has 0 atom stereocenters. The fraction of sp³-hybridized carbons (Fsp3) is 0. The van der Waals surface area contributed by atoms with E-state index in [-0.39, 0.29) is 5.95 Å². The van der Waals surface area contributed by atoms with Crippen molar-refractivity contribution >= 4 is 52.2 Å². The molecule has 22 heavy (non-hydrogen) atoms. The number of nitrogen functional groups attached to an aromatic ring is 1. The van der Waals surface area contributed by atoms with Gasteiger partial charge >= 0.3 is 0 Å². The summed E-state index contributed by atoms with van der Waals surface area (Å²) in [4.78, 5) is 19.1. The zero-order valence-electron chi connectivity index (χ0n) is 11.2. The first-order valence-electron chi connectivity index (χ1n) is 6.32. The van der Waals surface area contributed by atoms with Crippen molar-refractivity contribution in [2.75, 3.05) is 11.1 Å². The van der Waals surface area contributed by atoms with Crippen LogP contribution in [0.5, 0.6) is 0 Å². The number of carbonyl (C=O) groups is 1. The highest BCUT2D eigenvalue weighted by molar-refractivity contribution is 6.41. The molecule has 1 heterocycles. The summed E-state index contributed by atoms with van der Waals surface area (Å²) in [6.45, 7) is 0. The van der Waals surface area contributed by atoms with Gasteiger partial charge in [-0.25, -0.2) is 9.97 Å². The fourth-order valence-electron chi connectivity index (χ4n) is 2.23. The number of nitrogens with one attached hydrogen (secondary N) is 1. The molecular formula is C15H10Cl2N4O. The molecule has 1 amide bonds. The molecule has 7 heteroatoms. The molecule has 1 aromatic heterocycles. The number of nitrogens with two attached hydrogens (primary N) is 1. The van der Waals surface area contributed by atoms with E-state index in [9.17, 15) is 4.79 Å². The maximum atomic E-state index is 10.7. The number of rotatable bonds is 3. The normalized spacial score (nSPS) is 10.6. The molecule has 0 aliphatic rings. The smallest absolute Gasteiger partial charge is 0.221 e. The highest BCUT2D eigenvalue weighted by Gasteiger charge is 2.17. The lowest BCUT2D eigenvalue weighted by Gasteiger charge is -2.13. The van der Waals surface area contributed by atoms with Crippen molar-refractivity contribution in [3.05, 3.63) is 46.4 Å². The van der Waals surface area contributed by atoms with Crippen molar-refractivity contribution in [3.8, 4) is 11.3 Å². The molecule has 3 aromatic rings. The predicted octanol–water partition coefficient (Wildman–Crippen LogP) is 3.75. The van der Waals surface area contributed by atoms with Crippen LogP contribution in [0.15, 0.2) is 36.4 Å². The topological polar surface area (TPSA) is 80.9 Å². The van der Waals surface area contributed by atoms with Gasteiger partial charge in [-0.05, 0) is 18.2 Å². The summed E-state index contributed by atoms with van der Waals surface area (Å²) >= 11 is 12.7. The number of anilines is 2. The average molecular weight is 333 g/mol. The van der Waals surface area contributed by atoms with E-state index in [1.165, 1.54) is 0 Å². The highest BCUT2D eigenvalue weighted by atomic mass is 35.5. The van der Waals surface area contributed by atoms with Gasteiger partial charge in [0.15, 0.2) is 0 Å². The van der Waals surface area contributed by atoms with Gasteiger partial charge in [-0.1, -0.05) is 41.4 Å². The molecule has 0 fully saturated rings. The molecule has 0 spiro atoms. The van der Waals surface area contributed by atoms with E-state index >= 15 is 0 Å². The van der Waals surface area contributed by atoms with Gasteiger partial charge in [0.05, 0.1) is 26.9 Å². The van der Waals surface area contributed by atoms with E-state index in [0.29, 0.717) is 38.9 Å². The lowest BCUT2D eigenvalue weighted by molar-refractivity contribution is -0.105. The van der Waals surface area contributed by atoms with Gasteiger partial charge in [-0.15, -0.1) is 0 Å². The van der Waals surface area contributed by atoms with E-state index in [4.69, 9.17) is 28.9 Å². The molecule has 0 bridgehead atoms. The number of amides is 1. The number of aromatic nitrogens is 2. The number of hydrogen-bond acceptors (Lipinski definition) is 4. The summed E-state index contributed by atoms with van der Waals surface area (Å²) in [5.41, 5.74) is 7.93. The molecule has 0 aliphatic carbocycles. The molecule has 5 nitrogen and oxygen atoms in total. The third-order valence-corrected chi connectivity index (χ3v) is 3.87. The Morgan fingerprint density at radius 3 is 2.64 bits per heavy atom. The molecule has 3 N–H and O–H groups in total. The summed E-state index contributed by atoms with van der Waals surface area (Å²) in [5.74, 6) is 0.120. The van der Waals surface area contributed by atoms with E-state index in [0.717, 1.165) is 5.39 Å². The third kappa shape index (κ3) is 2.45. The summed E-state index contributed by atoms with van der Waals surface area (Å²) in [7, 11) is 0. The molecule has 2 aromatic carbocycles. The monoisotopic (exact) mass is 332 g/mol. The molecule has 3 rings (SSSR count). The van der Waals surface area contributed by atoms with Crippen LogP contribution < -0.4 is 11.1 Å². The van der Waals surface area contributed by atoms with Gasteiger partial charge in [0, 0.05) is 10.9 Å². The standard InChI is InChI=1S/C15H10Cl2N4O/c16-9-5-6-11(19-7-22)13(17)12(9)14-8-3-1-2-4-10(8)20-15(18)21-14/h1-7H,(H,19,22)(H2,18,20,21). The minimum absolute atomic E-state index is 0.120. The molecule has 0 saturated carbocycles. The van der Waals surface area contributed by atoms with Crippen LogP contribution in [0, 0.1) is 0 Å². The SMILES string of the molecule is Nc1nc(-c2c(Cl)ccc(NC=O)c2Cl)c2ccccc2n1. The number of carbonyl (C=O) groups excluding carboxylic acids is 1. The minimum Gasteiger partial charge on any atom is -0.368 e. The van der Waals surface area contributed by atoms with Gasteiger partial charge in [-0.3, -0.25) is 4.79 Å². The van der Waals surface area contributed by atoms with Crippen molar-refractivity contribution < 1.29 is 4.79 Å². The Morgan fingerprint density at radius 1 is 1.09 bits per heavy atom. The highest BCUT2D eigenvalue weighted by Crippen LogP contribution is 2.41. The second kappa shape index (κ2) is 5.79. The number of para-hydroxylation sites is 1. The Bertz CT molecular complexity index is 883. The Labute approximate surface area is 136 Å². The molecule has 0 radical (unpaired) electrons. The van der Waals surface area contributed by atoms with Crippen molar-refractivity contribution in [1.29, 1.82) is 0 Å². The first-order chi connectivity index (χ1) is 10.6. The van der Waals surface area contributed by atoms with E-state index < -0.39 is 0 Å². The second-order valence-corrected chi connectivity index (χ2v) is 5.28. The van der Waals surface area contributed by atoms with Crippen LogP contribution in [0.2, 0.25) is 10.0 Å². The summed E-state index contributed by atoms with van der Waals surface area (Å²) in [5, 5.41) is 4.00. The predicted molar refractivity (Wildman–Crippen MR) is 89.1 cm³/mol. The number of fused-ring (bicyclic) bond motifs is 1. The number of halogens is 2. The van der Waals surface area contributed by atoms with Gasteiger partial charge in [0.2, 0.25) is 12.4 Å². The van der Waals surface area contributed by atoms with Crippen molar-refractivity contribution in [2.45, 2.75) is 0 Å². The summed E-state index contributed by atoms with van der Waals surface area (Å²) in [6.07, 6.45) is 0.547. The average Bonchev–Trinajstić information content (AvgIpc) is 2.50. The number of hydrogen-bond donors (Lipinski definition) is 2. The molecular weight excluding hydrogens is 323 g/mol. The van der Waals surface area contributed by atoms with Crippen LogP contribution in [0.4, 0.5) is 11.6 Å². The fourth-order valence-corrected chi connectivity index (χ4v) is 2.83. The largest absolute Gasteiger partial charge is 0.368 e. The van der Waals surface area contributed by atoms with E-state index in [1.54, 1.807) is 12.1 Å². The molecule has 0 saturated heterocycles. The van der Waals surface area contributed by atoms with Crippen LogP contribution in [-0.2, 0) is 4.79 Å². The van der Waals surface area contributed by atoms with Gasteiger partial charge in [0.1, 0.15) is 0 Å². The number of nitrogens with zero attached hydrogens (tertiary/aromatic N) is 2. The Balaban J connectivity index is 2.36. The lowest BCUT2D eigenvalue weighted by atomic mass is 10.1. The van der Waals surface area contributed by atoms with Crippen molar-refractivity contribution in [2.24, 2.45) is 0 Å². The van der Waals surface area contributed by atoms with Gasteiger partial charge in [0.25, 0.3) is 0 Å². The van der Waals surface area contributed by atoms with E-state index in [2.05, 4.69) is 15.3 Å². The van der Waals surface area contributed by atoms with Crippen LogP contribution in [0.1, 0.15) is 0 Å². The number of benzene rings is 2. The first-order valence-corrected chi connectivity index (χ1v) is 7.08. The van der Waals surface area contributed by atoms with E-state index in [1.807, 2.05) is 24.3 Å². The molecule has 0 unspecified atom stereocenters. The zero-order chi connectivity index (χ0) is 15.7. The lowest BCUT2D eigenvalue weighted by Crippen LogP contribution is -2.00. The van der Waals surface area contributed by atoms with Crippen molar-refractivity contribution in [3.63, 3.8) is 0 Å². The second-order valence-electron chi connectivity index (χ2n) is 4.49. The van der Waals surface area contributed by atoms with Crippen LogP contribution in [0.3, 0.4) is 0 Å².